The number of nitrogens with one attached hydrogen (secondary N) is 1. The maximum Gasteiger partial charge on any atom is 0.322 e. The number of carbonyl (C=O) groups is 1. The molecule has 0 radical (unpaired) electrons. The van der Waals surface area contributed by atoms with E-state index in [0.717, 1.165) is 69.8 Å². The summed E-state index contributed by atoms with van der Waals surface area (Å²) in [5, 5.41) is 21.8. The zero-order valence-electron chi connectivity index (χ0n) is 20.3. The number of likely N-dealkylation sites (tertiary alicyclic amines) is 1. The number of hydrogen-bond acceptors (Lipinski definition) is 4. The van der Waals surface area contributed by atoms with E-state index in [9.17, 15) is 23.9 Å². The largest absolute Gasteiger partial charge is 0.392 e. The van der Waals surface area contributed by atoms with Gasteiger partial charge in [0.25, 0.3) is 0 Å². The number of anilines is 1. The van der Waals surface area contributed by atoms with Gasteiger partial charge in [-0.15, -0.1) is 0 Å². The summed E-state index contributed by atoms with van der Waals surface area (Å²) in [4.78, 5) is 17.4. The molecule has 8 heteroatoms. The summed E-state index contributed by atoms with van der Waals surface area (Å²) < 4.78 is 27.4. The summed E-state index contributed by atoms with van der Waals surface area (Å²) >= 11 is 0. The summed E-state index contributed by atoms with van der Waals surface area (Å²) in [5.41, 5.74) is 2.08. The van der Waals surface area contributed by atoms with Crippen molar-refractivity contribution in [2.45, 2.75) is 56.1 Å². The van der Waals surface area contributed by atoms with Crippen LogP contribution in [0.5, 0.6) is 0 Å². The molecule has 1 unspecified atom stereocenters. The van der Waals surface area contributed by atoms with Crippen molar-refractivity contribution in [1.82, 2.24) is 9.80 Å². The van der Waals surface area contributed by atoms with Crippen LogP contribution in [0.15, 0.2) is 42.5 Å². The third kappa shape index (κ3) is 5.23. The number of nitriles is 1. The Labute approximate surface area is 210 Å². The lowest BCUT2D eigenvalue weighted by molar-refractivity contribution is 0.151. The Hall–Kier alpha value is -3.02. The maximum atomic E-state index is 13.7. The number of carbonyl (C=O) groups excluding carboxylic acids is 1. The number of nitrogens with zero attached hydrogens (tertiary/aromatic N) is 3. The first-order valence-corrected chi connectivity index (χ1v) is 12.8. The Kier molecular flexibility index (Phi) is 6.96. The summed E-state index contributed by atoms with van der Waals surface area (Å²) in [5.74, 6) is -1.02. The lowest BCUT2D eigenvalue weighted by atomic mass is 9.80. The van der Waals surface area contributed by atoms with E-state index in [2.05, 4.69) is 22.4 Å². The van der Waals surface area contributed by atoms with Crippen LogP contribution in [0.3, 0.4) is 0 Å². The average molecular weight is 495 g/mol. The number of rotatable bonds is 7. The van der Waals surface area contributed by atoms with Gasteiger partial charge in [0.15, 0.2) is 0 Å². The highest BCUT2D eigenvalue weighted by atomic mass is 19.1. The van der Waals surface area contributed by atoms with Gasteiger partial charge in [-0.1, -0.05) is 12.1 Å². The SMILES string of the molecule is N#Cc1cccc([C@@]23CC[C@@H](N(CCCN4CC[C@@H](O)C4)C(=O)Nc4cc(F)cc(F)c4)CC2C3)c1. The molecule has 36 heavy (non-hydrogen) atoms. The first-order chi connectivity index (χ1) is 17.4. The van der Waals surface area contributed by atoms with Crippen LogP contribution in [0.25, 0.3) is 0 Å². The van der Waals surface area contributed by atoms with Crippen LogP contribution >= 0.6 is 0 Å². The topological polar surface area (TPSA) is 79.6 Å². The van der Waals surface area contributed by atoms with Crippen LogP contribution in [-0.4, -0.2) is 59.3 Å². The van der Waals surface area contributed by atoms with Crippen molar-refractivity contribution >= 4 is 11.7 Å². The lowest BCUT2D eigenvalue weighted by Crippen LogP contribution is -2.46. The molecule has 2 N–H and O–H groups in total. The molecule has 1 heterocycles. The number of aliphatic hydroxyl groups is 1. The van der Waals surface area contributed by atoms with Crippen LogP contribution in [0.1, 0.15) is 49.7 Å². The van der Waals surface area contributed by atoms with Gasteiger partial charge in [-0.3, -0.25) is 0 Å². The number of benzene rings is 2. The Morgan fingerprint density at radius 2 is 2.03 bits per heavy atom. The van der Waals surface area contributed by atoms with E-state index < -0.39 is 11.6 Å². The number of hydrogen-bond donors (Lipinski definition) is 2. The summed E-state index contributed by atoms with van der Waals surface area (Å²) in [6.07, 6.45) is 4.93. The number of aliphatic hydroxyl groups excluding tert-OH is 1. The van der Waals surface area contributed by atoms with Crippen molar-refractivity contribution in [2.75, 3.05) is 31.5 Å². The summed E-state index contributed by atoms with van der Waals surface area (Å²) in [6.45, 7) is 2.83. The molecule has 190 valence electrons. The van der Waals surface area contributed by atoms with Crippen molar-refractivity contribution < 1.29 is 18.7 Å². The fourth-order valence-electron chi connectivity index (χ4n) is 6.30. The normalized spacial score (nSPS) is 27.2. The van der Waals surface area contributed by atoms with Gasteiger partial charge in [0, 0.05) is 37.4 Å². The molecule has 0 spiro atoms. The second kappa shape index (κ2) is 10.2. The van der Waals surface area contributed by atoms with Gasteiger partial charge in [0.05, 0.1) is 17.7 Å². The van der Waals surface area contributed by atoms with Crippen LogP contribution in [0.4, 0.5) is 19.3 Å². The highest BCUT2D eigenvalue weighted by molar-refractivity contribution is 5.89. The number of halogens is 2. The van der Waals surface area contributed by atoms with Gasteiger partial charge in [-0.05, 0) is 86.2 Å². The van der Waals surface area contributed by atoms with Crippen molar-refractivity contribution in [1.29, 1.82) is 5.26 Å². The van der Waals surface area contributed by atoms with Crippen LogP contribution in [-0.2, 0) is 5.41 Å². The molecule has 2 aromatic carbocycles. The number of β-amino-alcohol motifs (C(OH)–C–C–N with tert-alkyl or cyclic N) is 1. The molecule has 3 fully saturated rings. The van der Waals surface area contributed by atoms with Crippen molar-refractivity contribution in [3.8, 4) is 6.07 Å². The summed E-state index contributed by atoms with van der Waals surface area (Å²) in [7, 11) is 0. The van der Waals surface area contributed by atoms with E-state index in [1.807, 2.05) is 23.1 Å². The lowest BCUT2D eigenvalue weighted by Gasteiger charge is -2.37. The molecule has 2 aromatic rings. The molecule has 2 saturated carbocycles. The predicted octanol–water partition coefficient (Wildman–Crippen LogP) is 4.64. The minimum atomic E-state index is -0.732. The Morgan fingerprint density at radius 1 is 1.22 bits per heavy atom. The van der Waals surface area contributed by atoms with Gasteiger partial charge >= 0.3 is 6.03 Å². The van der Waals surface area contributed by atoms with Crippen molar-refractivity contribution in [3.63, 3.8) is 0 Å². The second-order valence-corrected chi connectivity index (χ2v) is 10.6. The Balaban J connectivity index is 1.27. The first kappa shape index (κ1) is 24.7. The molecule has 2 aliphatic carbocycles. The fourth-order valence-corrected chi connectivity index (χ4v) is 6.30. The highest BCUT2D eigenvalue weighted by Crippen LogP contribution is 2.62. The molecule has 3 aliphatic rings. The predicted molar refractivity (Wildman–Crippen MR) is 132 cm³/mol. The molecule has 6 nitrogen and oxygen atoms in total. The van der Waals surface area contributed by atoms with Crippen LogP contribution in [0.2, 0.25) is 0 Å². The van der Waals surface area contributed by atoms with Gasteiger partial charge in [0.1, 0.15) is 11.6 Å². The molecule has 2 amide bonds. The van der Waals surface area contributed by atoms with E-state index in [0.29, 0.717) is 24.6 Å². The fraction of sp³-hybridized carbons (Fsp3) is 0.500. The molecule has 1 saturated heterocycles. The molecule has 0 aromatic heterocycles. The third-order valence-corrected chi connectivity index (χ3v) is 8.22. The maximum absolute atomic E-state index is 13.7. The number of amides is 2. The average Bonchev–Trinajstić information content (AvgIpc) is 3.46. The van der Waals surface area contributed by atoms with E-state index in [4.69, 9.17) is 0 Å². The molecule has 4 atom stereocenters. The first-order valence-electron chi connectivity index (χ1n) is 12.8. The third-order valence-electron chi connectivity index (χ3n) is 8.22. The molecule has 5 rings (SSSR count). The zero-order chi connectivity index (χ0) is 25.3. The zero-order valence-corrected chi connectivity index (χ0v) is 20.3. The van der Waals surface area contributed by atoms with Gasteiger partial charge in [-0.25, -0.2) is 13.6 Å². The minimum absolute atomic E-state index is 0.0346. The molecular formula is C28H32F2N4O2. The monoisotopic (exact) mass is 494 g/mol. The second-order valence-electron chi connectivity index (χ2n) is 10.6. The van der Waals surface area contributed by atoms with E-state index in [1.165, 1.54) is 5.56 Å². The number of urea groups is 1. The summed E-state index contributed by atoms with van der Waals surface area (Å²) in [6, 6.07) is 12.8. The van der Waals surface area contributed by atoms with Gasteiger partial charge < -0.3 is 20.2 Å². The van der Waals surface area contributed by atoms with Crippen molar-refractivity contribution in [3.05, 3.63) is 65.2 Å². The van der Waals surface area contributed by atoms with Crippen molar-refractivity contribution in [2.24, 2.45) is 5.92 Å². The smallest absolute Gasteiger partial charge is 0.322 e. The molecular weight excluding hydrogens is 462 g/mol. The van der Waals surface area contributed by atoms with Crippen LogP contribution < -0.4 is 5.32 Å². The Bertz CT molecular complexity index is 1150. The standard InChI is InChI=1S/C28H32F2N4O2/c29-22-13-23(30)15-24(14-22)32-27(36)34(9-2-8-33-10-6-26(35)18-33)25-5-7-28(16-21(28)12-25)20-4-1-3-19(11-20)17-31/h1,3-4,11,13-15,21,25-26,35H,2,5-10,12,16,18H2,(H,32,36)/t21?,25-,26-,28+/m1/s1. The Morgan fingerprint density at radius 3 is 2.72 bits per heavy atom. The molecule has 0 bridgehead atoms. The van der Waals surface area contributed by atoms with E-state index in [-0.39, 0.29) is 29.3 Å². The van der Waals surface area contributed by atoms with E-state index >= 15 is 0 Å². The highest BCUT2D eigenvalue weighted by Gasteiger charge is 2.58. The van der Waals surface area contributed by atoms with E-state index in [1.54, 1.807) is 0 Å². The van der Waals surface area contributed by atoms with Crippen LogP contribution in [0, 0.1) is 28.9 Å². The van der Waals surface area contributed by atoms with Gasteiger partial charge in [0.2, 0.25) is 0 Å². The quantitative estimate of drug-likeness (QED) is 0.588. The molecule has 1 aliphatic heterocycles. The van der Waals surface area contributed by atoms with Gasteiger partial charge in [-0.2, -0.15) is 5.26 Å². The number of fused-ring (bicyclic) bond motifs is 1. The minimum Gasteiger partial charge on any atom is -0.392 e.